The van der Waals surface area contributed by atoms with E-state index in [1.54, 1.807) is 25.8 Å². The molecule has 0 radical (unpaired) electrons. The number of nitrogens with zero attached hydrogens (tertiary/aromatic N) is 3. The summed E-state index contributed by atoms with van der Waals surface area (Å²) in [7, 11) is 0. The van der Waals surface area contributed by atoms with Crippen molar-refractivity contribution in [3.05, 3.63) is 106 Å². The van der Waals surface area contributed by atoms with Crippen molar-refractivity contribution in [2.75, 3.05) is 0 Å². The quantitative estimate of drug-likeness (QED) is 0.0241. The van der Waals surface area contributed by atoms with E-state index >= 15 is 0 Å². The van der Waals surface area contributed by atoms with Gasteiger partial charge in [0.1, 0.15) is 0 Å². The molecule has 0 aliphatic carbocycles. The summed E-state index contributed by atoms with van der Waals surface area (Å²) in [5.41, 5.74) is 0.623. The van der Waals surface area contributed by atoms with Gasteiger partial charge in [0, 0.05) is 86.0 Å². The first-order valence-electron chi connectivity index (χ1n) is 29.9. The fourth-order valence-corrected chi connectivity index (χ4v) is 14.7. The SMILES string of the molecule is CCCCCCCCCCCCCCCCCCn1c(O)c(CC(C)(c2ccccc2)c2cc(O)n(C3CC(C)(C)NC(C)(C)C3)c2O)c(C(C)(Cc2cc(O)n(C3CC(C)(C)NC(C)(C)C3)c2O)c2ccccc2)c1O. The van der Waals surface area contributed by atoms with Crippen LogP contribution in [-0.2, 0) is 30.2 Å². The molecule has 3 aromatic heterocycles. The number of unbranched alkanes of at least 4 members (excludes halogenated alkanes) is 15. The van der Waals surface area contributed by atoms with E-state index in [0.29, 0.717) is 54.5 Å². The lowest BCUT2D eigenvalue weighted by Crippen LogP contribution is -2.57. The molecular formula is C66H101N5O6. The second-order valence-electron chi connectivity index (χ2n) is 26.9. The molecule has 5 heterocycles. The van der Waals surface area contributed by atoms with Crippen molar-refractivity contribution in [1.82, 2.24) is 24.3 Å². The first-order valence-corrected chi connectivity index (χ1v) is 29.9. The lowest BCUT2D eigenvalue weighted by molar-refractivity contribution is 0.122. The summed E-state index contributed by atoms with van der Waals surface area (Å²) in [6.45, 7) is 24.0. The average Bonchev–Trinajstić information content (AvgIpc) is 3.99. The highest BCUT2D eigenvalue weighted by molar-refractivity contribution is 5.59. The lowest BCUT2D eigenvalue weighted by Gasteiger charge is -2.47. The van der Waals surface area contributed by atoms with Gasteiger partial charge in [-0.15, -0.1) is 0 Å². The second-order valence-corrected chi connectivity index (χ2v) is 26.9. The maximum absolute atomic E-state index is 13.0. The molecule has 0 saturated carbocycles. The number of benzene rings is 2. The van der Waals surface area contributed by atoms with E-state index in [1.165, 1.54) is 77.0 Å². The third kappa shape index (κ3) is 14.1. The van der Waals surface area contributed by atoms with Gasteiger partial charge in [0.15, 0.2) is 35.3 Å². The Morgan fingerprint density at radius 1 is 0.468 bits per heavy atom. The third-order valence-corrected chi connectivity index (χ3v) is 17.7. The van der Waals surface area contributed by atoms with Gasteiger partial charge >= 0.3 is 0 Å². The van der Waals surface area contributed by atoms with E-state index in [2.05, 4.69) is 86.8 Å². The standard InChI is InChI=1S/C66H101N5O6/c1-12-13-14-15-16-17-18-19-20-21-22-23-24-25-26-33-38-69-58(75)52(46-65(10,48-34-29-27-30-35-48)53-40-55(73)71(59(53)76)51-44-63(6,7)68-64(8,9)45-51)56(60(69)77)66(11,49-36-31-28-32-37-49)41-47-39-54(72)70(57(47)74)50-42-61(2,3)67-62(4,5)43-50/h27-32,34-37,39-40,50-51,67-68,72-77H,12-26,33,38,41-46H2,1-11H3. The molecule has 8 N–H and O–H groups in total. The van der Waals surface area contributed by atoms with Crippen LogP contribution < -0.4 is 10.6 Å². The summed E-state index contributed by atoms with van der Waals surface area (Å²) in [5, 5.41) is 82.3. The molecule has 5 aromatic rings. The summed E-state index contributed by atoms with van der Waals surface area (Å²) in [6, 6.07) is 22.9. The molecule has 11 heteroatoms. The van der Waals surface area contributed by atoms with Crippen molar-refractivity contribution >= 4 is 0 Å². The molecule has 11 nitrogen and oxygen atoms in total. The first kappa shape index (κ1) is 59.7. The van der Waals surface area contributed by atoms with Crippen molar-refractivity contribution in [2.24, 2.45) is 0 Å². The minimum atomic E-state index is -1.08. The molecule has 2 atom stereocenters. The molecule has 0 amide bonds. The highest BCUT2D eigenvalue weighted by atomic mass is 16.3. The number of rotatable bonds is 27. The Kier molecular flexibility index (Phi) is 19.0. The Bertz CT molecular complexity index is 2650. The van der Waals surface area contributed by atoms with Gasteiger partial charge in [-0.25, -0.2) is 0 Å². The molecule has 77 heavy (non-hydrogen) atoms. The fourth-order valence-electron chi connectivity index (χ4n) is 14.7. The largest absolute Gasteiger partial charge is 0.494 e. The summed E-state index contributed by atoms with van der Waals surface area (Å²) >= 11 is 0. The molecule has 426 valence electrons. The molecule has 2 fully saturated rings. The lowest BCUT2D eigenvalue weighted by atomic mass is 9.67. The van der Waals surface area contributed by atoms with E-state index in [1.807, 2.05) is 60.7 Å². The summed E-state index contributed by atoms with van der Waals surface area (Å²) in [5.74, 6) is -0.175. The highest BCUT2D eigenvalue weighted by Gasteiger charge is 2.47. The Morgan fingerprint density at radius 3 is 1.30 bits per heavy atom. The van der Waals surface area contributed by atoms with Crippen LogP contribution in [0.15, 0.2) is 72.8 Å². The molecule has 0 spiro atoms. The van der Waals surface area contributed by atoms with E-state index in [9.17, 15) is 30.6 Å². The van der Waals surface area contributed by atoms with E-state index in [0.717, 1.165) is 36.8 Å². The Hall–Kier alpha value is -5.00. The molecule has 2 saturated heterocycles. The molecule has 0 bridgehead atoms. The normalized spacial score (nSPS) is 19.1. The molecule has 2 aromatic carbocycles. The van der Waals surface area contributed by atoms with Crippen LogP contribution in [0.5, 0.6) is 35.3 Å². The number of aromatic nitrogens is 3. The van der Waals surface area contributed by atoms with Crippen LogP contribution in [0.2, 0.25) is 0 Å². The zero-order valence-corrected chi connectivity index (χ0v) is 49.4. The van der Waals surface area contributed by atoms with Gasteiger partial charge in [-0.3, -0.25) is 13.7 Å². The van der Waals surface area contributed by atoms with Crippen molar-refractivity contribution in [3.8, 4) is 35.3 Å². The number of aromatic hydroxyl groups is 6. The first-order chi connectivity index (χ1) is 36.3. The van der Waals surface area contributed by atoms with Crippen LogP contribution in [0.25, 0.3) is 0 Å². The Morgan fingerprint density at radius 2 is 0.857 bits per heavy atom. The van der Waals surface area contributed by atoms with E-state index in [-0.39, 0.29) is 82.4 Å². The Labute approximate surface area is 463 Å². The van der Waals surface area contributed by atoms with Crippen molar-refractivity contribution in [1.29, 1.82) is 0 Å². The van der Waals surface area contributed by atoms with Gasteiger partial charge in [0.05, 0.1) is 0 Å². The third-order valence-electron chi connectivity index (χ3n) is 17.7. The summed E-state index contributed by atoms with van der Waals surface area (Å²) < 4.78 is 5.05. The molecule has 7 rings (SSSR count). The van der Waals surface area contributed by atoms with Gasteiger partial charge < -0.3 is 41.3 Å². The van der Waals surface area contributed by atoms with Gasteiger partial charge in [-0.2, -0.15) is 0 Å². The van der Waals surface area contributed by atoms with Crippen LogP contribution in [0, 0.1) is 0 Å². The fraction of sp³-hybridized carbons (Fsp3) is 0.636. The average molecular weight is 1060 g/mol. The maximum atomic E-state index is 13.0. The summed E-state index contributed by atoms with van der Waals surface area (Å²) in [6.07, 6.45) is 23.0. The van der Waals surface area contributed by atoms with Crippen molar-refractivity contribution in [2.45, 2.75) is 269 Å². The number of piperidine rings is 2. The maximum Gasteiger partial charge on any atom is 0.198 e. The molecule has 2 aliphatic heterocycles. The topological polar surface area (TPSA) is 160 Å². The molecular weight excluding hydrogens is 959 g/mol. The highest BCUT2D eigenvalue weighted by Crippen LogP contribution is 2.54. The van der Waals surface area contributed by atoms with Crippen molar-refractivity contribution in [3.63, 3.8) is 0 Å². The van der Waals surface area contributed by atoms with Gasteiger partial charge in [-0.05, 0) is 111 Å². The van der Waals surface area contributed by atoms with Crippen LogP contribution in [-0.4, -0.2) is 66.5 Å². The second kappa shape index (κ2) is 24.6. The predicted molar refractivity (Wildman–Crippen MR) is 315 cm³/mol. The summed E-state index contributed by atoms with van der Waals surface area (Å²) in [4.78, 5) is 0. The minimum absolute atomic E-state index is 0.0128. The van der Waals surface area contributed by atoms with Crippen LogP contribution in [0.4, 0.5) is 0 Å². The zero-order valence-electron chi connectivity index (χ0n) is 49.4. The van der Waals surface area contributed by atoms with Crippen molar-refractivity contribution < 1.29 is 30.6 Å². The van der Waals surface area contributed by atoms with Gasteiger partial charge in [0.2, 0.25) is 0 Å². The van der Waals surface area contributed by atoms with Crippen LogP contribution in [0.3, 0.4) is 0 Å². The van der Waals surface area contributed by atoms with E-state index < -0.39 is 10.8 Å². The van der Waals surface area contributed by atoms with Gasteiger partial charge in [-0.1, -0.05) is 178 Å². The van der Waals surface area contributed by atoms with Crippen LogP contribution >= 0.6 is 0 Å². The molecule has 2 unspecified atom stereocenters. The number of hydrogen-bond donors (Lipinski definition) is 8. The van der Waals surface area contributed by atoms with Gasteiger partial charge in [0.25, 0.3) is 0 Å². The molecule has 2 aliphatic rings. The number of hydrogen-bond acceptors (Lipinski definition) is 8. The van der Waals surface area contributed by atoms with Crippen LogP contribution in [0.1, 0.15) is 250 Å². The number of nitrogens with one attached hydrogen (secondary N) is 2. The monoisotopic (exact) mass is 1060 g/mol. The smallest absolute Gasteiger partial charge is 0.198 e. The zero-order chi connectivity index (χ0) is 56.0. The minimum Gasteiger partial charge on any atom is -0.494 e. The Balaban J connectivity index is 1.25. The van der Waals surface area contributed by atoms with E-state index in [4.69, 9.17) is 0 Å². The predicted octanol–water partition coefficient (Wildman–Crippen LogP) is 15.6.